The molecule has 0 unspecified atom stereocenters. The summed E-state index contributed by atoms with van der Waals surface area (Å²) in [6, 6.07) is 20.6. The molecule has 1 N–H and O–H groups in total. The zero-order chi connectivity index (χ0) is 16.2. The highest BCUT2D eigenvalue weighted by molar-refractivity contribution is 6.32. The third kappa shape index (κ3) is 3.46. The Morgan fingerprint density at radius 3 is 2.48 bits per heavy atom. The lowest BCUT2D eigenvalue weighted by atomic mass is 10.00. The lowest BCUT2D eigenvalue weighted by Gasteiger charge is -2.17. The summed E-state index contributed by atoms with van der Waals surface area (Å²) in [5.74, 6) is -0.639. The van der Waals surface area contributed by atoms with Gasteiger partial charge in [0.1, 0.15) is 5.75 Å². The van der Waals surface area contributed by atoms with Crippen LogP contribution in [0.5, 0.6) is 5.75 Å². The number of halogens is 1. The van der Waals surface area contributed by atoms with Crippen molar-refractivity contribution >= 4 is 28.3 Å². The molecule has 0 aliphatic rings. The second-order valence-corrected chi connectivity index (χ2v) is 5.62. The Kier molecular flexibility index (Phi) is 4.49. The molecule has 3 aromatic carbocycles. The predicted octanol–water partition coefficient (Wildman–Crippen LogP) is 4.57. The minimum absolute atomic E-state index is 0.266. The normalized spacial score (nSPS) is 12.0. The number of aliphatic carboxylic acids is 1. The van der Waals surface area contributed by atoms with Crippen molar-refractivity contribution in [2.24, 2.45) is 0 Å². The largest absolute Gasteiger partial charge is 0.478 e. The fourth-order valence-electron chi connectivity index (χ4n) is 2.54. The van der Waals surface area contributed by atoms with E-state index in [9.17, 15) is 9.90 Å². The number of ether oxygens (including phenoxy) is 1. The van der Waals surface area contributed by atoms with Gasteiger partial charge >= 0.3 is 5.97 Å². The Bertz CT molecular complexity index is 839. The number of carboxylic acids is 1. The van der Waals surface area contributed by atoms with Crippen LogP contribution >= 0.6 is 11.6 Å². The topological polar surface area (TPSA) is 46.5 Å². The summed E-state index contributed by atoms with van der Waals surface area (Å²) in [4.78, 5) is 11.6. The molecular weight excluding hydrogens is 312 g/mol. The van der Waals surface area contributed by atoms with Gasteiger partial charge in [0.2, 0.25) is 0 Å². The van der Waals surface area contributed by atoms with Crippen molar-refractivity contribution in [2.45, 2.75) is 12.5 Å². The maximum atomic E-state index is 11.6. The molecule has 4 heteroatoms. The molecule has 0 radical (unpaired) electrons. The summed E-state index contributed by atoms with van der Waals surface area (Å²) in [6.07, 6.45) is -0.734. The van der Waals surface area contributed by atoms with Crippen LogP contribution in [0.4, 0.5) is 0 Å². The smallest absolute Gasteiger partial charge is 0.345 e. The van der Waals surface area contributed by atoms with Gasteiger partial charge in [-0.25, -0.2) is 4.79 Å². The molecule has 0 spiro atoms. The maximum Gasteiger partial charge on any atom is 0.345 e. The Labute approximate surface area is 139 Å². The summed E-state index contributed by atoms with van der Waals surface area (Å²) < 4.78 is 5.63. The van der Waals surface area contributed by atoms with Crippen molar-refractivity contribution < 1.29 is 14.6 Å². The van der Waals surface area contributed by atoms with Gasteiger partial charge in [0.05, 0.1) is 5.02 Å². The molecule has 116 valence electrons. The van der Waals surface area contributed by atoms with E-state index in [1.807, 2.05) is 42.5 Å². The van der Waals surface area contributed by atoms with Crippen LogP contribution in [-0.2, 0) is 11.2 Å². The second-order valence-electron chi connectivity index (χ2n) is 5.22. The van der Waals surface area contributed by atoms with Gasteiger partial charge in [0.25, 0.3) is 0 Å². The minimum Gasteiger partial charge on any atom is -0.478 e. The molecule has 0 aliphatic heterocycles. The molecule has 23 heavy (non-hydrogen) atoms. The van der Waals surface area contributed by atoms with Crippen LogP contribution in [-0.4, -0.2) is 17.2 Å². The summed E-state index contributed by atoms with van der Waals surface area (Å²) in [5, 5.41) is 12.0. The van der Waals surface area contributed by atoms with Crippen LogP contribution in [0.3, 0.4) is 0 Å². The second kappa shape index (κ2) is 6.71. The monoisotopic (exact) mass is 326 g/mol. The van der Waals surface area contributed by atoms with Crippen molar-refractivity contribution in [3.63, 3.8) is 0 Å². The summed E-state index contributed by atoms with van der Waals surface area (Å²) in [7, 11) is 0. The molecule has 3 rings (SSSR count). The maximum absolute atomic E-state index is 11.6. The predicted molar refractivity (Wildman–Crippen MR) is 91.2 cm³/mol. The molecule has 0 bridgehead atoms. The zero-order valence-corrected chi connectivity index (χ0v) is 13.0. The number of benzene rings is 3. The van der Waals surface area contributed by atoms with E-state index in [0.29, 0.717) is 10.8 Å². The zero-order valence-electron chi connectivity index (χ0n) is 12.3. The molecule has 0 saturated carbocycles. The van der Waals surface area contributed by atoms with Crippen LogP contribution in [0, 0.1) is 0 Å². The van der Waals surface area contributed by atoms with Gasteiger partial charge in [-0.1, -0.05) is 66.2 Å². The van der Waals surface area contributed by atoms with Crippen molar-refractivity contribution in [1.82, 2.24) is 0 Å². The molecule has 3 nitrogen and oxygen atoms in total. The highest BCUT2D eigenvalue weighted by Crippen LogP contribution is 2.26. The van der Waals surface area contributed by atoms with E-state index in [2.05, 4.69) is 0 Å². The fraction of sp³-hybridized carbons (Fsp3) is 0.105. The van der Waals surface area contributed by atoms with Gasteiger partial charge in [-0.15, -0.1) is 0 Å². The summed E-state index contributed by atoms with van der Waals surface area (Å²) in [5.41, 5.74) is 0.933. The van der Waals surface area contributed by atoms with Gasteiger partial charge < -0.3 is 9.84 Å². The molecule has 0 aliphatic carbocycles. The van der Waals surface area contributed by atoms with Crippen molar-refractivity contribution in [3.05, 3.63) is 77.3 Å². The quantitative estimate of drug-likeness (QED) is 0.747. The van der Waals surface area contributed by atoms with Gasteiger partial charge in [-0.3, -0.25) is 0 Å². The van der Waals surface area contributed by atoms with Crippen molar-refractivity contribution in [3.8, 4) is 5.75 Å². The minimum atomic E-state index is -1.02. The number of hydrogen-bond acceptors (Lipinski definition) is 2. The Hall–Kier alpha value is -2.52. The molecule has 0 saturated heterocycles. The van der Waals surface area contributed by atoms with E-state index in [1.54, 1.807) is 24.3 Å². The van der Waals surface area contributed by atoms with Gasteiger partial charge in [0, 0.05) is 6.42 Å². The average Bonchev–Trinajstić information content (AvgIpc) is 2.56. The van der Waals surface area contributed by atoms with E-state index < -0.39 is 12.1 Å². The van der Waals surface area contributed by atoms with E-state index in [4.69, 9.17) is 16.3 Å². The first-order valence-corrected chi connectivity index (χ1v) is 7.63. The van der Waals surface area contributed by atoms with Crippen LogP contribution in [0.15, 0.2) is 66.7 Å². The van der Waals surface area contributed by atoms with E-state index in [1.165, 1.54) is 0 Å². The molecule has 0 aromatic heterocycles. The standard InChI is InChI=1S/C19H15ClO3/c20-16-10-3-4-11-17(16)23-18(19(21)22)12-14-8-5-7-13-6-1-2-9-15(13)14/h1-11,18H,12H2,(H,21,22)/t18-/m0/s1. The highest BCUT2D eigenvalue weighted by Gasteiger charge is 2.22. The Balaban J connectivity index is 1.90. The first kappa shape index (κ1) is 15.4. The van der Waals surface area contributed by atoms with Gasteiger partial charge in [-0.05, 0) is 28.5 Å². The molecule has 0 fully saturated rings. The highest BCUT2D eigenvalue weighted by atomic mass is 35.5. The Morgan fingerprint density at radius 1 is 1.00 bits per heavy atom. The van der Waals surface area contributed by atoms with Gasteiger partial charge in [-0.2, -0.15) is 0 Å². The number of para-hydroxylation sites is 1. The molecule has 0 heterocycles. The number of carbonyl (C=O) groups is 1. The van der Waals surface area contributed by atoms with Crippen LogP contribution < -0.4 is 4.74 Å². The Morgan fingerprint density at radius 2 is 1.70 bits per heavy atom. The molecule has 3 aromatic rings. The first-order valence-electron chi connectivity index (χ1n) is 7.26. The number of rotatable bonds is 5. The number of fused-ring (bicyclic) bond motifs is 1. The molecule has 0 amide bonds. The van der Waals surface area contributed by atoms with Crippen LogP contribution in [0.1, 0.15) is 5.56 Å². The van der Waals surface area contributed by atoms with Crippen molar-refractivity contribution in [1.29, 1.82) is 0 Å². The lowest BCUT2D eigenvalue weighted by Crippen LogP contribution is -2.29. The molecule has 1 atom stereocenters. The van der Waals surface area contributed by atoms with E-state index in [-0.39, 0.29) is 6.42 Å². The SMILES string of the molecule is O=C(O)[C@H](Cc1cccc2ccccc12)Oc1ccccc1Cl. The average molecular weight is 327 g/mol. The number of hydrogen-bond donors (Lipinski definition) is 1. The lowest BCUT2D eigenvalue weighted by molar-refractivity contribution is -0.145. The van der Waals surface area contributed by atoms with Gasteiger partial charge in [0.15, 0.2) is 6.10 Å². The number of carboxylic acid groups (broad SMARTS) is 1. The third-order valence-electron chi connectivity index (χ3n) is 3.67. The van der Waals surface area contributed by atoms with Crippen LogP contribution in [0.25, 0.3) is 10.8 Å². The molecular formula is C19H15ClO3. The first-order chi connectivity index (χ1) is 11.1. The fourth-order valence-corrected chi connectivity index (χ4v) is 2.72. The van der Waals surface area contributed by atoms with Crippen molar-refractivity contribution in [2.75, 3.05) is 0 Å². The summed E-state index contributed by atoms with van der Waals surface area (Å²) >= 11 is 6.05. The van der Waals surface area contributed by atoms with E-state index in [0.717, 1.165) is 16.3 Å². The summed E-state index contributed by atoms with van der Waals surface area (Å²) in [6.45, 7) is 0. The third-order valence-corrected chi connectivity index (χ3v) is 3.98. The van der Waals surface area contributed by atoms with Crippen LogP contribution in [0.2, 0.25) is 5.02 Å². The van der Waals surface area contributed by atoms with E-state index >= 15 is 0 Å².